The molecule has 0 N–H and O–H groups in total. The van der Waals surface area contributed by atoms with E-state index in [1.807, 2.05) is 48.7 Å². The minimum absolute atomic E-state index is 0.0145. The molecule has 9 nitrogen and oxygen atoms in total. The van der Waals surface area contributed by atoms with Crippen LogP contribution in [0.1, 0.15) is 28.5 Å². The van der Waals surface area contributed by atoms with E-state index >= 15 is 0 Å². The normalized spacial score (nSPS) is 10.9. The molecule has 0 spiro atoms. The first-order valence-electron chi connectivity index (χ1n) is 10.1. The molecule has 33 heavy (non-hydrogen) atoms. The number of carbonyl (C=O) groups is 1. The van der Waals surface area contributed by atoms with Crippen LogP contribution in [-0.4, -0.2) is 37.2 Å². The van der Waals surface area contributed by atoms with Gasteiger partial charge in [-0.2, -0.15) is 5.10 Å². The van der Waals surface area contributed by atoms with Gasteiger partial charge in [0.05, 0.1) is 28.5 Å². The predicted molar refractivity (Wildman–Crippen MR) is 123 cm³/mol. The monoisotopic (exact) mass is 441 g/mol. The number of para-hydroxylation sites is 1. The summed E-state index contributed by atoms with van der Waals surface area (Å²) in [7, 11) is 0. The molecule has 9 heteroatoms. The highest BCUT2D eigenvalue weighted by Crippen LogP contribution is 2.26. The average Bonchev–Trinajstić information content (AvgIpc) is 3.28. The van der Waals surface area contributed by atoms with Crippen LogP contribution in [0.4, 0.5) is 5.69 Å². The van der Waals surface area contributed by atoms with E-state index in [4.69, 9.17) is 9.84 Å². The molecule has 0 saturated carbocycles. The fourth-order valence-electron chi connectivity index (χ4n) is 3.19. The second kappa shape index (κ2) is 9.65. The van der Waals surface area contributed by atoms with Crippen LogP contribution in [-0.2, 0) is 4.74 Å². The van der Waals surface area contributed by atoms with E-state index in [0.717, 1.165) is 23.0 Å². The van der Waals surface area contributed by atoms with Gasteiger partial charge in [0.15, 0.2) is 0 Å². The Morgan fingerprint density at radius 2 is 1.97 bits per heavy atom. The SMILES string of the molecule is CCOC(=O)c1cc([N+](=O)[O-])cnc1/C=C\c1cn(-c2ccccc2)nc1-c1cccnc1. The summed E-state index contributed by atoms with van der Waals surface area (Å²) in [6.45, 7) is 1.80. The maximum absolute atomic E-state index is 12.4. The zero-order chi connectivity index (χ0) is 23.2. The van der Waals surface area contributed by atoms with Crippen LogP contribution in [0.5, 0.6) is 0 Å². The molecular weight excluding hydrogens is 422 g/mol. The number of hydrogen-bond acceptors (Lipinski definition) is 7. The summed E-state index contributed by atoms with van der Waals surface area (Å²) in [5, 5.41) is 15.9. The van der Waals surface area contributed by atoms with Crippen molar-refractivity contribution in [2.45, 2.75) is 6.92 Å². The first kappa shape index (κ1) is 21.6. The molecule has 0 unspecified atom stereocenters. The van der Waals surface area contributed by atoms with Gasteiger partial charge in [-0.05, 0) is 43.3 Å². The fraction of sp³-hybridized carbons (Fsp3) is 0.0833. The van der Waals surface area contributed by atoms with E-state index in [1.54, 1.807) is 36.2 Å². The molecule has 0 saturated heterocycles. The highest BCUT2D eigenvalue weighted by molar-refractivity contribution is 5.95. The highest BCUT2D eigenvalue weighted by atomic mass is 16.6. The van der Waals surface area contributed by atoms with Gasteiger partial charge >= 0.3 is 5.97 Å². The minimum Gasteiger partial charge on any atom is -0.462 e. The Labute approximate surface area is 189 Å². The Morgan fingerprint density at radius 3 is 2.67 bits per heavy atom. The number of rotatable bonds is 7. The van der Waals surface area contributed by atoms with E-state index in [1.165, 1.54) is 6.07 Å². The molecule has 1 aromatic carbocycles. The van der Waals surface area contributed by atoms with Crippen LogP contribution in [0, 0.1) is 10.1 Å². The van der Waals surface area contributed by atoms with E-state index < -0.39 is 10.9 Å². The van der Waals surface area contributed by atoms with Crippen molar-refractivity contribution < 1.29 is 14.5 Å². The topological polar surface area (TPSA) is 113 Å². The number of nitro groups is 1. The molecular formula is C24H19N5O4. The second-order valence-electron chi connectivity index (χ2n) is 6.89. The van der Waals surface area contributed by atoms with Crippen molar-refractivity contribution in [3.05, 3.63) is 100 Å². The summed E-state index contributed by atoms with van der Waals surface area (Å²) in [5.41, 5.74) is 3.11. The minimum atomic E-state index is -0.680. The molecule has 0 radical (unpaired) electrons. The molecule has 0 fully saturated rings. The largest absolute Gasteiger partial charge is 0.462 e. The van der Waals surface area contributed by atoms with Gasteiger partial charge in [-0.15, -0.1) is 0 Å². The summed E-state index contributed by atoms with van der Waals surface area (Å²) >= 11 is 0. The first-order valence-corrected chi connectivity index (χ1v) is 10.1. The van der Waals surface area contributed by atoms with Crippen LogP contribution in [0.15, 0.2) is 73.3 Å². The van der Waals surface area contributed by atoms with Gasteiger partial charge in [-0.25, -0.2) is 14.5 Å². The third-order valence-corrected chi connectivity index (χ3v) is 4.73. The van der Waals surface area contributed by atoms with Crippen molar-refractivity contribution in [2.24, 2.45) is 0 Å². The van der Waals surface area contributed by atoms with Gasteiger partial charge in [0.2, 0.25) is 0 Å². The zero-order valence-corrected chi connectivity index (χ0v) is 17.7. The average molecular weight is 441 g/mol. The Morgan fingerprint density at radius 1 is 1.15 bits per heavy atom. The molecule has 0 bridgehead atoms. The molecule has 0 aliphatic rings. The molecule has 0 aliphatic heterocycles. The van der Waals surface area contributed by atoms with E-state index in [9.17, 15) is 14.9 Å². The number of carbonyl (C=O) groups excluding carboxylic acids is 1. The summed E-state index contributed by atoms with van der Waals surface area (Å²) < 4.78 is 6.80. The van der Waals surface area contributed by atoms with Crippen molar-refractivity contribution in [2.75, 3.05) is 6.61 Å². The lowest BCUT2D eigenvalue weighted by atomic mass is 10.1. The third kappa shape index (κ3) is 4.82. The van der Waals surface area contributed by atoms with Gasteiger partial charge in [0, 0.05) is 35.8 Å². The van der Waals surface area contributed by atoms with Crippen LogP contribution >= 0.6 is 0 Å². The number of aromatic nitrogens is 4. The Balaban J connectivity index is 1.79. The molecule has 164 valence electrons. The van der Waals surface area contributed by atoms with Crippen molar-refractivity contribution in [3.63, 3.8) is 0 Å². The number of esters is 1. The first-order chi connectivity index (χ1) is 16.1. The Bertz CT molecular complexity index is 1320. The van der Waals surface area contributed by atoms with Gasteiger partial charge < -0.3 is 4.74 Å². The summed E-state index contributed by atoms with van der Waals surface area (Å²) in [6, 6.07) is 14.5. The smallest absolute Gasteiger partial charge is 0.340 e. The summed E-state index contributed by atoms with van der Waals surface area (Å²) in [4.78, 5) is 31.2. The van der Waals surface area contributed by atoms with Crippen LogP contribution in [0.3, 0.4) is 0 Å². The highest BCUT2D eigenvalue weighted by Gasteiger charge is 2.18. The van der Waals surface area contributed by atoms with Crippen molar-refractivity contribution in [1.82, 2.24) is 19.7 Å². The lowest BCUT2D eigenvalue weighted by Crippen LogP contribution is -2.08. The van der Waals surface area contributed by atoms with Crippen LogP contribution < -0.4 is 0 Å². The Hall–Kier alpha value is -4.66. The quantitative estimate of drug-likeness (QED) is 0.234. The molecule has 4 rings (SSSR count). The van der Waals surface area contributed by atoms with Crippen LogP contribution in [0.2, 0.25) is 0 Å². The number of nitrogens with zero attached hydrogens (tertiary/aromatic N) is 5. The van der Waals surface area contributed by atoms with Crippen molar-refractivity contribution in [1.29, 1.82) is 0 Å². The van der Waals surface area contributed by atoms with Crippen molar-refractivity contribution >= 4 is 23.8 Å². The number of pyridine rings is 2. The van der Waals surface area contributed by atoms with Gasteiger partial charge in [0.25, 0.3) is 5.69 Å². The van der Waals surface area contributed by atoms with Crippen LogP contribution in [0.25, 0.3) is 29.1 Å². The van der Waals surface area contributed by atoms with E-state index in [0.29, 0.717) is 5.69 Å². The lowest BCUT2D eigenvalue weighted by molar-refractivity contribution is -0.385. The standard InChI is InChI=1S/C24H19N5O4/c1-2-33-24(30)21-13-20(29(31)32)15-26-22(21)11-10-18-16-28(19-8-4-3-5-9-19)27-23(18)17-7-6-12-25-14-17/h3-16H,2H2,1H3/b11-10-. The van der Waals surface area contributed by atoms with E-state index in [2.05, 4.69) is 9.97 Å². The van der Waals surface area contributed by atoms with Gasteiger partial charge in [-0.1, -0.05) is 18.2 Å². The molecule has 0 aliphatic carbocycles. The van der Waals surface area contributed by atoms with E-state index in [-0.39, 0.29) is 23.6 Å². The summed E-state index contributed by atoms with van der Waals surface area (Å²) in [5.74, 6) is -0.680. The van der Waals surface area contributed by atoms with Gasteiger partial charge in [0.1, 0.15) is 11.9 Å². The lowest BCUT2D eigenvalue weighted by Gasteiger charge is -2.05. The number of hydrogen-bond donors (Lipinski definition) is 0. The van der Waals surface area contributed by atoms with Crippen molar-refractivity contribution in [3.8, 4) is 16.9 Å². The Kier molecular flexibility index (Phi) is 6.31. The maximum atomic E-state index is 12.4. The second-order valence-corrected chi connectivity index (χ2v) is 6.89. The molecule has 4 aromatic rings. The molecule has 3 aromatic heterocycles. The third-order valence-electron chi connectivity index (χ3n) is 4.73. The van der Waals surface area contributed by atoms with Gasteiger partial charge in [-0.3, -0.25) is 15.1 Å². The fourth-order valence-corrected chi connectivity index (χ4v) is 3.19. The molecule has 0 amide bonds. The summed E-state index contributed by atoms with van der Waals surface area (Å²) in [6.07, 6.45) is 9.72. The zero-order valence-electron chi connectivity index (χ0n) is 17.7. The maximum Gasteiger partial charge on any atom is 0.340 e. The predicted octanol–water partition coefficient (Wildman–Crippen LogP) is 4.58. The molecule has 3 heterocycles. The molecule has 0 atom stereocenters. The number of ether oxygens (including phenoxy) is 1. The number of benzene rings is 1.